The number of carbonyl (C=O) groups excluding carboxylic acids is 2. The van der Waals surface area contributed by atoms with Crippen LogP contribution in [-0.2, 0) is 15.7 Å². The molecule has 1 aromatic rings. The number of rotatable bonds is 6. The number of benzene rings is 1. The van der Waals surface area contributed by atoms with Crippen molar-refractivity contribution in [1.82, 2.24) is 10.6 Å². The number of ether oxygens (including phenoxy) is 1. The topological polar surface area (TPSA) is 67.4 Å². The fraction of sp³-hybridized carbons (Fsp3) is 0.556. The fourth-order valence-electron chi connectivity index (χ4n) is 2.25. The second kappa shape index (κ2) is 8.91. The number of amides is 2. The van der Waals surface area contributed by atoms with Crippen LogP contribution in [0.3, 0.4) is 0 Å². The van der Waals surface area contributed by atoms with Gasteiger partial charge in [0.05, 0.1) is 11.6 Å². The molecule has 26 heavy (non-hydrogen) atoms. The third-order valence-electron chi connectivity index (χ3n) is 3.32. The van der Waals surface area contributed by atoms with Crippen molar-refractivity contribution in [3.63, 3.8) is 0 Å². The molecule has 0 bridgehead atoms. The standard InChI is InChI=1S/C18H25F3N2O3/c1-5-7-14(12-8-6-9-13(10-12)18(19,20)21)23-15(24)11-22-16(25)26-17(2,3)4/h6,8-10,14H,5,7,11H2,1-4H3,(H,22,25)(H,23,24). The summed E-state index contributed by atoms with van der Waals surface area (Å²) in [5.74, 6) is -0.508. The van der Waals surface area contributed by atoms with Crippen molar-refractivity contribution in [3.8, 4) is 0 Å². The molecule has 8 heteroatoms. The summed E-state index contributed by atoms with van der Waals surface area (Å²) < 4.78 is 43.7. The Hall–Kier alpha value is -2.25. The van der Waals surface area contributed by atoms with Gasteiger partial charge in [-0.1, -0.05) is 25.5 Å². The van der Waals surface area contributed by atoms with Gasteiger partial charge in [0, 0.05) is 0 Å². The largest absolute Gasteiger partial charge is 0.444 e. The van der Waals surface area contributed by atoms with Crippen molar-refractivity contribution < 1.29 is 27.5 Å². The summed E-state index contributed by atoms with van der Waals surface area (Å²) in [7, 11) is 0. The highest BCUT2D eigenvalue weighted by Crippen LogP contribution is 2.31. The predicted molar refractivity (Wildman–Crippen MR) is 91.5 cm³/mol. The first-order chi connectivity index (χ1) is 11.9. The Kier molecular flexibility index (Phi) is 7.47. The van der Waals surface area contributed by atoms with Crippen LogP contribution >= 0.6 is 0 Å². The third kappa shape index (κ3) is 7.76. The lowest BCUT2D eigenvalue weighted by Gasteiger charge is -2.21. The van der Waals surface area contributed by atoms with Crippen LogP contribution in [0.25, 0.3) is 0 Å². The first kappa shape index (κ1) is 21.8. The van der Waals surface area contributed by atoms with E-state index in [0.717, 1.165) is 12.1 Å². The summed E-state index contributed by atoms with van der Waals surface area (Å²) in [6.07, 6.45) is -4.05. The van der Waals surface area contributed by atoms with Gasteiger partial charge >= 0.3 is 12.3 Å². The van der Waals surface area contributed by atoms with Crippen LogP contribution in [0.1, 0.15) is 57.7 Å². The molecular formula is C18H25F3N2O3. The summed E-state index contributed by atoms with van der Waals surface area (Å²) >= 11 is 0. The van der Waals surface area contributed by atoms with Gasteiger partial charge in [0.2, 0.25) is 5.91 Å². The molecule has 1 unspecified atom stereocenters. The van der Waals surface area contributed by atoms with E-state index in [9.17, 15) is 22.8 Å². The quantitative estimate of drug-likeness (QED) is 0.785. The van der Waals surface area contributed by atoms with Crippen molar-refractivity contribution >= 4 is 12.0 Å². The van der Waals surface area contributed by atoms with Gasteiger partial charge in [-0.15, -0.1) is 0 Å². The van der Waals surface area contributed by atoms with E-state index >= 15 is 0 Å². The van der Waals surface area contributed by atoms with E-state index in [1.807, 2.05) is 6.92 Å². The van der Waals surface area contributed by atoms with Crippen molar-refractivity contribution in [3.05, 3.63) is 35.4 Å². The molecule has 1 aromatic carbocycles. The number of carbonyl (C=O) groups is 2. The van der Waals surface area contributed by atoms with E-state index in [-0.39, 0.29) is 6.54 Å². The van der Waals surface area contributed by atoms with Gasteiger partial charge in [-0.25, -0.2) is 4.79 Å². The second-order valence-electron chi connectivity index (χ2n) is 6.89. The minimum Gasteiger partial charge on any atom is -0.444 e. The monoisotopic (exact) mass is 374 g/mol. The Morgan fingerprint density at radius 1 is 1.19 bits per heavy atom. The normalized spacial score (nSPS) is 13.0. The highest BCUT2D eigenvalue weighted by molar-refractivity contribution is 5.82. The van der Waals surface area contributed by atoms with Crippen LogP contribution in [0.15, 0.2) is 24.3 Å². The maximum Gasteiger partial charge on any atom is 0.416 e. The van der Waals surface area contributed by atoms with E-state index in [0.29, 0.717) is 18.4 Å². The van der Waals surface area contributed by atoms with Crippen molar-refractivity contribution in [2.75, 3.05) is 6.54 Å². The zero-order valence-electron chi connectivity index (χ0n) is 15.4. The number of halogens is 3. The first-order valence-electron chi connectivity index (χ1n) is 8.35. The lowest BCUT2D eigenvalue weighted by atomic mass is 10.00. The zero-order chi connectivity index (χ0) is 20.0. The van der Waals surface area contributed by atoms with Gasteiger partial charge in [-0.2, -0.15) is 13.2 Å². The van der Waals surface area contributed by atoms with E-state index < -0.39 is 35.4 Å². The first-order valence-corrected chi connectivity index (χ1v) is 8.35. The van der Waals surface area contributed by atoms with Gasteiger partial charge in [-0.3, -0.25) is 4.79 Å². The van der Waals surface area contributed by atoms with Crippen LogP contribution in [0, 0.1) is 0 Å². The second-order valence-corrected chi connectivity index (χ2v) is 6.89. The van der Waals surface area contributed by atoms with Crippen LogP contribution in [0.5, 0.6) is 0 Å². The molecule has 0 fully saturated rings. The summed E-state index contributed by atoms with van der Waals surface area (Å²) in [6, 6.07) is 4.29. The smallest absolute Gasteiger partial charge is 0.416 e. The maximum absolute atomic E-state index is 12.9. The average molecular weight is 374 g/mol. The molecule has 0 aliphatic rings. The third-order valence-corrected chi connectivity index (χ3v) is 3.32. The summed E-state index contributed by atoms with van der Waals surface area (Å²) in [5, 5.41) is 4.97. The Morgan fingerprint density at radius 3 is 2.38 bits per heavy atom. The number of hydrogen-bond acceptors (Lipinski definition) is 3. The van der Waals surface area contributed by atoms with Crippen LogP contribution in [0.4, 0.5) is 18.0 Å². The summed E-state index contributed by atoms with van der Waals surface area (Å²) in [4.78, 5) is 23.6. The number of nitrogens with one attached hydrogen (secondary N) is 2. The fourth-order valence-corrected chi connectivity index (χ4v) is 2.25. The summed E-state index contributed by atoms with van der Waals surface area (Å²) in [5.41, 5.74) is -1.09. The van der Waals surface area contributed by atoms with E-state index in [2.05, 4.69) is 10.6 Å². The molecule has 5 nitrogen and oxygen atoms in total. The van der Waals surface area contributed by atoms with Crippen LogP contribution in [-0.4, -0.2) is 24.1 Å². The number of alkyl halides is 3. The molecule has 0 spiro atoms. The van der Waals surface area contributed by atoms with Crippen molar-refractivity contribution in [1.29, 1.82) is 0 Å². The van der Waals surface area contributed by atoms with Crippen molar-refractivity contribution in [2.24, 2.45) is 0 Å². The molecule has 0 aliphatic heterocycles. The molecule has 1 rings (SSSR count). The van der Waals surface area contributed by atoms with Crippen LogP contribution < -0.4 is 10.6 Å². The van der Waals surface area contributed by atoms with Crippen LogP contribution in [0.2, 0.25) is 0 Å². The SMILES string of the molecule is CCCC(NC(=O)CNC(=O)OC(C)(C)C)c1cccc(C(F)(F)F)c1. The highest BCUT2D eigenvalue weighted by atomic mass is 19.4. The molecule has 2 amide bonds. The minimum absolute atomic E-state index is 0.325. The Labute approximate surface area is 151 Å². The molecule has 0 saturated heterocycles. The lowest BCUT2D eigenvalue weighted by molar-refractivity contribution is -0.137. The van der Waals surface area contributed by atoms with Gasteiger partial charge in [-0.05, 0) is 44.9 Å². The Balaban J connectivity index is 2.73. The Morgan fingerprint density at radius 2 is 1.85 bits per heavy atom. The van der Waals surface area contributed by atoms with E-state index in [1.165, 1.54) is 12.1 Å². The molecule has 2 N–H and O–H groups in total. The number of hydrogen-bond donors (Lipinski definition) is 2. The summed E-state index contributed by atoms with van der Waals surface area (Å²) in [6.45, 7) is 6.62. The minimum atomic E-state index is -4.45. The molecule has 0 saturated carbocycles. The molecule has 0 aliphatic carbocycles. The number of alkyl carbamates (subject to hydrolysis) is 1. The van der Waals surface area contributed by atoms with E-state index in [1.54, 1.807) is 20.8 Å². The maximum atomic E-state index is 12.9. The molecule has 1 atom stereocenters. The predicted octanol–water partition coefficient (Wildman–Crippen LogP) is 4.19. The molecule has 0 heterocycles. The van der Waals surface area contributed by atoms with Gasteiger partial charge in [0.1, 0.15) is 12.1 Å². The van der Waals surface area contributed by atoms with Gasteiger partial charge in [0.15, 0.2) is 0 Å². The van der Waals surface area contributed by atoms with Gasteiger partial charge in [0.25, 0.3) is 0 Å². The van der Waals surface area contributed by atoms with Crippen molar-refractivity contribution in [2.45, 2.75) is 58.4 Å². The van der Waals surface area contributed by atoms with E-state index in [4.69, 9.17) is 4.74 Å². The molecule has 0 aromatic heterocycles. The Bertz CT molecular complexity index is 625. The van der Waals surface area contributed by atoms with Gasteiger partial charge < -0.3 is 15.4 Å². The molecular weight excluding hydrogens is 349 g/mol. The average Bonchev–Trinajstić information content (AvgIpc) is 2.50. The zero-order valence-corrected chi connectivity index (χ0v) is 15.4. The lowest BCUT2D eigenvalue weighted by Crippen LogP contribution is -2.40. The molecule has 146 valence electrons. The molecule has 0 radical (unpaired) electrons. The highest BCUT2D eigenvalue weighted by Gasteiger charge is 2.31.